The van der Waals surface area contributed by atoms with E-state index in [1.165, 1.54) is 6.07 Å². The van der Waals surface area contributed by atoms with Crippen molar-refractivity contribution in [1.82, 2.24) is 4.58 Å². The summed E-state index contributed by atoms with van der Waals surface area (Å²) in [7, 11) is -6.91. The molecule has 3 aliphatic rings. The van der Waals surface area contributed by atoms with Gasteiger partial charge in [-0.05, 0) is 99.1 Å². The van der Waals surface area contributed by atoms with Crippen molar-refractivity contribution >= 4 is 37.8 Å². The molecule has 56 heavy (non-hydrogen) atoms. The Kier molecular flexibility index (Phi) is 15.4. The van der Waals surface area contributed by atoms with Gasteiger partial charge >= 0.3 is 0 Å². The van der Waals surface area contributed by atoms with Crippen LogP contribution >= 0.6 is 0 Å². The number of hydrogen-bond donors (Lipinski definition) is 2. The summed E-state index contributed by atoms with van der Waals surface area (Å²) in [5.41, 5.74) is 3.67. The van der Waals surface area contributed by atoms with Gasteiger partial charge in [-0.1, -0.05) is 33.3 Å². The third-order valence-electron chi connectivity index (χ3n) is 10.3. The van der Waals surface area contributed by atoms with E-state index in [1.54, 1.807) is 26.2 Å². The first-order chi connectivity index (χ1) is 26.3. The summed E-state index contributed by atoms with van der Waals surface area (Å²) in [6.07, 6.45) is 9.62. The molecule has 0 aromatic heterocycles. The molecule has 4 rings (SSSR count). The lowest BCUT2D eigenvalue weighted by atomic mass is 9.78. The van der Waals surface area contributed by atoms with Crippen LogP contribution in [-0.2, 0) is 45.3 Å². The zero-order valence-electron chi connectivity index (χ0n) is 33.8. The molecule has 1 aromatic carbocycles. The topological polar surface area (TPSA) is 164 Å². The van der Waals surface area contributed by atoms with Crippen LogP contribution in [-0.4, -0.2) is 84.0 Å². The predicted molar refractivity (Wildman–Crippen MR) is 220 cm³/mol. The van der Waals surface area contributed by atoms with Crippen molar-refractivity contribution in [2.75, 3.05) is 57.2 Å². The molecule has 1 atom stereocenters. The van der Waals surface area contributed by atoms with Gasteiger partial charge in [-0.3, -0.25) is 9.11 Å². The lowest BCUT2D eigenvalue weighted by molar-refractivity contribution is -0.117. The van der Waals surface area contributed by atoms with Gasteiger partial charge in [0.05, 0.1) is 29.9 Å². The highest BCUT2D eigenvalue weighted by molar-refractivity contribution is 7.86. The van der Waals surface area contributed by atoms with Crippen LogP contribution in [0.3, 0.4) is 0 Å². The standard InChI is InChI=1S/C42H58N2O10S2/c1-8-43(22-13-27-55(46,47)48)32-17-19-35-36(41(3,4)5)29-33(54-39(35)28-32)15-12-16-40-42(6,21-24-53-26-25-52-7)37-30-34(56(49,50)51)18-20-38(37)44(40)23-11-9-10-14-31(2)45/h12,15-20,28-30H,8-11,13-14,21-27H2,1-7H3,(H-,46,47,48,49,50,51)/p+1. The Morgan fingerprint density at radius 3 is 2.38 bits per heavy atom. The fourth-order valence-electron chi connectivity index (χ4n) is 7.27. The Balaban J connectivity index is 1.82. The quantitative estimate of drug-likeness (QED) is 0.0695. The van der Waals surface area contributed by atoms with Crippen molar-refractivity contribution in [2.24, 2.45) is 0 Å². The summed E-state index contributed by atoms with van der Waals surface area (Å²) in [6, 6.07) is 12.8. The number of fused-ring (bicyclic) bond motifs is 2. The average Bonchev–Trinajstić information content (AvgIpc) is 3.34. The molecule has 308 valence electrons. The summed E-state index contributed by atoms with van der Waals surface area (Å²) in [6.45, 7) is 15.0. The van der Waals surface area contributed by atoms with E-state index in [1.807, 2.05) is 54.0 Å². The number of methoxy groups -OCH3 is 1. The van der Waals surface area contributed by atoms with Crippen LogP contribution in [0, 0.1) is 0 Å². The number of rotatable bonds is 20. The largest absolute Gasteiger partial charge is 0.456 e. The fourth-order valence-corrected chi connectivity index (χ4v) is 8.27. The number of nitrogens with zero attached hydrogens (tertiary/aromatic N) is 2. The number of ketones is 1. The number of benzene rings is 2. The van der Waals surface area contributed by atoms with Gasteiger partial charge in [-0.25, -0.2) is 4.58 Å². The molecule has 2 aliphatic heterocycles. The molecular weight excluding hydrogens is 757 g/mol. The van der Waals surface area contributed by atoms with Crippen LogP contribution in [0.4, 0.5) is 5.69 Å². The van der Waals surface area contributed by atoms with Gasteiger partial charge in [-0.15, -0.1) is 0 Å². The fraction of sp³-hybridized carbons (Fsp3) is 0.524. The van der Waals surface area contributed by atoms with Crippen LogP contribution in [0.2, 0.25) is 0 Å². The van der Waals surface area contributed by atoms with Crippen molar-refractivity contribution in [3.8, 4) is 11.3 Å². The molecule has 2 heterocycles. The second-order valence-electron chi connectivity index (χ2n) is 15.6. The van der Waals surface area contributed by atoms with E-state index in [9.17, 15) is 30.7 Å². The van der Waals surface area contributed by atoms with E-state index in [-0.39, 0.29) is 28.3 Å². The van der Waals surface area contributed by atoms with E-state index < -0.39 is 25.7 Å². The van der Waals surface area contributed by atoms with Crippen LogP contribution < -0.4 is 14.8 Å². The van der Waals surface area contributed by atoms with Crippen LogP contribution in [0.15, 0.2) is 69.6 Å². The van der Waals surface area contributed by atoms with Crippen molar-refractivity contribution in [3.63, 3.8) is 0 Å². The van der Waals surface area contributed by atoms with Crippen molar-refractivity contribution in [1.29, 1.82) is 0 Å². The minimum absolute atomic E-state index is 0.157. The Bertz CT molecular complexity index is 2160. The molecule has 0 fully saturated rings. The van der Waals surface area contributed by atoms with Crippen molar-refractivity contribution in [3.05, 3.63) is 82.6 Å². The molecular formula is C42H59N2O10S2+. The molecule has 2 N–H and O–H groups in total. The molecule has 0 bridgehead atoms. The Labute approximate surface area is 332 Å². The van der Waals surface area contributed by atoms with E-state index in [0.717, 1.165) is 52.7 Å². The van der Waals surface area contributed by atoms with Gasteiger partial charge in [0.25, 0.3) is 20.2 Å². The smallest absolute Gasteiger partial charge is 0.294 e. The first-order valence-corrected chi connectivity index (χ1v) is 22.3. The lowest BCUT2D eigenvalue weighted by Crippen LogP contribution is -2.31. The van der Waals surface area contributed by atoms with Gasteiger partial charge in [-0.2, -0.15) is 16.8 Å². The Hall–Kier alpha value is -3.66. The third-order valence-corrected chi connectivity index (χ3v) is 11.9. The monoisotopic (exact) mass is 815 g/mol. The first-order valence-electron chi connectivity index (χ1n) is 19.2. The maximum absolute atomic E-state index is 12.3. The first kappa shape index (κ1) is 45.0. The molecule has 0 saturated heterocycles. The predicted octanol–water partition coefficient (Wildman–Crippen LogP) is 6.88. The number of carbonyl (C=O) groups is 1. The highest BCUT2D eigenvalue weighted by Gasteiger charge is 2.43. The van der Waals surface area contributed by atoms with Crippen molar-refractivity contribution in [2.45, 2.75) is 95.8 Å². The molecule has 12 nitrogen and oxygen atoms in total. The van der Waals surface area contributed by atoms with E-state index in [0.29, 0.717) is 63.8 Å². The molecule has 0 spiro atoms. The highest BCUT2D eigenvalue weighted by Crippen LogP contribution is 2.51. The summed E-state index contributed by atoms with van der Waals surface area (Å²) >= 11 is 0. The zero-order valence-corrected chi connectivity index (χ0v) is 35.5. The van der Waals surface area contributed by atoms with Crippen LogP contribution in [0.1, 0.15) is 97.0 Å². The summed E-state index contributed by atoms with van der Waals surface area (Å²) in [4.78, 5) is 13.6. The molecule has 0 saturated carbocycles. The maximum Gasteiger partial charge on any atom is 0.294 e. The van der Waals surface area contributed by atoms with E-state index >= 15 is 0 Å². The van der Waals surface area contributed by atoms with Gasteiger partial charge in [0.1, 0.15) is 30.4 Å². The number of Topliss-reactive ketones (excluding diaryl/α,β-unsaturated/α-hetero) is 1. The molecule has 1 unspecified atom stereocenters. The number of hydrogen-bond acceptors (Lipinski definition) is 9. The lowest BCUT2D eigenvalue weighted by Gasteiger charge is -2.30. The van der Waals surface area contributed by atoms with Crippen LogP contribution in [0.5, 0.6) is 0 Å². The third kappa shape index (κ3) is 11.9. The number of anilines is 1. The van der Waals surface area contributed by atoms with E-state index in [2.05, 4.69) is 32.6 Å². The molecule has 1 aromatic rings. The Morgan fingerprint density at radius 1 is 0.982 bits per heavy atom. The minimum Gasteiger partial charge on any atom is -0.456 e. The summed E-state index contributed by atoms with van der Waals surface area (Å²) in [5, 5.41) is 0.873. The van der Waals surface area contributed by atoms with Gasteiger partial charge in [0.2, 0.25) is 5.36 Å². The molecule has 0 amide bonds. The summed E-state index contributed by atoms with van der Waals surface area (Å²) in [5.74, 6) is 1.13. The SMILES string of the molecule is CC[N+](CCCS(=O)(=O)O)=c1ccc2c(C(C)(C)C)cc(C=CC=C3N(CCCCCC(C)=O)c4ccc(S(=O)(=O)O)cc4C3(C)CCOCCOC)oc-2c1. The zero-order chi connectivity index (χ0) is 41.3. The minimum atomic E-state index is -4.46. The number of allylic oxidation sites excluding steroid dienone is 3. The van der Waals surface area contributed by atoms with Gasteiger partial charge < -0.3 is 23.6 Å². The number of unbranched alkanes of at least 4 members (excludes halogenated alkanes) is 2. The maximum atomic E-state index is 12.3. The van der Waals surface area contributed by atoms with Gasteiger partial charge in [0.15, 0.2) is 0 Å². The molecule has 0 radical (unpaired) electrons. The molecule has 1 aliphatic carbocycles. The number of ether oxygens (including phenoxy) is 2. The second-order valence-corrected chi connectivity index (χ2v) is 18.6. The van der Waals surface area contributed by atoms with Gasteiger partial charge in [0, 0.05) is 61.5 Å². The number of carbonyl (C=O) groups excluding carboxylic acids is 1. The highest BCUT2D eigenvalue weighted by atomic mass is 32.2. The van der Waals surface area contributed by atoms with Crippen LogP contribution in [0.25, 0.3) is 17.4 Å². The normalized spacial score (nSPS) is 17.7. The van der Waals surface area contributed by atoms with E-state index in [4.69, 9.17) is 13.9 Å². The second kappa shape index (κ2) is 19.2. The van der Waals surface area contributed by atoms with Crippen molar-refractivity contribution < 1.29 is 44.6 Å². The Morgan fingerprint density at radius 2 is 1.73 bits per heavy atom. The molecule has 14 heteroatoms. The average molecular weight is 816 g/mol. The summed E-state index contributed by atoms with van der Waals surface area (Å²) < 4.78 is 86.2.